The fraction of sp³-hybridized carbons (Fsp3) is 0.182. The molecule has 4 N–H and O–H groups in total. The average Bonchev–Trinajstić information content (AvgIpc) is 3.31. The number of aromatic nitrogens is 4. The maximum Gasteiger partial charge on any atom is 0.417 e. The molecule has 29 heteroatoms. The first-order valence-electron chi connectivity index (χ1n) is 19.9. The topological polar surface area (TPSA) is 249 Å². The van der Waals surface area contributed by atoms with Gasteiger partial charge in [0.05, 0.1) is 83.1 Å². The highest BCUT2D eigenvalue weighted by atomic mass is 35.5. The standard InChI is InChI=1S/C24H18ClF4N3O8.C20H14ClF4N3O5/c1-38-19-6-12(26)2-3-17(19)40-18-9-15(24(27,28)29)16(25)8-14(18)23(37)31-13-7-20(33)32(30-10-13)11-39-22(36)5-4-21(34)35;1-32-17-4-10(22)2-3-15(17)33-16-7-13(20(23,24)25)14(21)6-12(16)19(31)27-11-5-18(30)28(9-29)26-8-11/h2-3,6-10H,4-5,11H2,1H3,(H,31,37)(H,34,35);2-8,29H,9H2,1H3,(H,27,31). The minimum atomic E-state index is -4.91. The third-order valence-corrected chi connectivity index (χ3v) is 9.83. The number of carboxylic acids is 1. The molecule has 19 nitrogen and oxygen atoms in total. The van der Waals surface area contributed by atoms with Crippen LogP contribution in [0.3, 0.4) is 0 Å². The van der Waals surface area contributed by atoms with Crippen molar-refractivity contribution in [2.75, 3.05) is 24.9 Å². The molecule has 0 aliphatic heterocycles. The van der Waals surface area contributed by atoms with E-state index in [9.17, 15) is 63.9 Å². The number of ether oxygens (including phenoxy) is 5. The molecule has 386 valence electrons. The number of aliphatic carboxylic acids is 1. The van der Waals surface area contributed by atoms with E-state index in [4.69, 9.17) is 57.1 Å². The molecule has 0 saturated carbocycles. The number of esters is 1. The van der Waals surface area contributed by atoms with Crippen LogP contribution in [0.1, 0.15) is 44.7 Å². The quantitative estimate of drug-likeness (QED) is 0.0524. The van der Waals surface area contributed by atoms with Gasteiger partial charge < -0.3 is 44.5 Å². The molecule has 0 bridgehead atoms. The fourth-order valence-corrected chi connectivity index (χ4v) is 6.31. The zero-order chi connectivity index (χ0) is 53.9. The van der Waals surface area contributed by atoms with E-state index >= 15 is 0 Å². The molecule has 0 aliphatic rings. The molecule has 6 rings (SSSR count). The Bertz CT molecular complexity index is 3190. The molecule has 2 amide bonds. The van der Waals surface area contributed by atoms with Crippen LogP contribution in [0.4, 0.5) is 46.5 Å². The smallest absolute Gasteiger partial charge is 0.417 e. The molecule has 0 spiro atoms. The molecule has 0 atom stereocenters. The molecule has 0 fully saturated rings. The first kappa shape index (κ1) is 55.6. The number of hydrogen-bond acceptors (Lipinski definition) is 14. The average molecular weight is 1080 g/mol. The summed E-state index contributed by atoms with van der Waals surface area (Å²) in [4.78, 5) is 71.9. The minimum absolute atomic E-state index is 0.101. The number of anilines is 2. The predicted molar refractivity (Wildman–Crippen MR) is 237 cm³/mol. The maximum absolute atomic E-state index is 13.6. The van der Waals surface area contributed by atoms with Crippen LogP contribution in [0.25, 0.3) is 0 Å². The number of nitrogens with zero attached hydrogens (tertiary/aromatic N) is 4. The van der Waals surface area contributed by atoms with Crippen molar-refractivity contribution < 1.29 is 88.2 Å². The van der Waals surface area contributed by atoms with Gasteiger partial charge in [0.1, 0.15) is 29.9 Å². The van der Waals surface area contributed by atoms with Crippen molar-refractivity contribution in [3.63, 3.8) is 0 Å². The van der Waals surface area contributed by atoms with Crippen molar-refractivity contribution in [2.45, 2.75) is 38.7 Å². The molecule has 2 aromatic heterocycles. The number of carbonyl (C=O) groups is 4. The molecule has 0 saturated heterocycles. The number of aliphatic hydroxyl groups excluding tert-OH is 1. The van der Waals surface area contributed by atoms with Crippen LogP contribution in [0.15, 0.2) is 94.8 Å². The Hall–Kier alpha value is -8.30. The Balaban J connectivity index is 0.000000276. The van der Waals surface area contributed by atoms with Crippen LogP contribution in [0, 0.1) is 11.6 Å². The van der Waals surface area contributed by atoms with E-state index in [1.165, 1.54) is 14.2 Å². The minimum Gasteiger partial charge on any atom is -0.493 e. The summed E-state index contributed by atoms with van der Waals surface area (Å²) < 4.78 is 135. The number of hydrogen-bond donors (Lipinski definition) is 4. The molecule has 73 heavy (non-hydrogen) atoms. The number of rotatable bonds is 16. The van der Waals surface area contributed by atoms with Gasteiger partial charge in [-0.05, 0) is 48.5 Å². The van der Waals surface area contributed by atoms with E-state index in [0.29, 0.717) is 27.6 Å². The third-order valence-electron chi connectivity index (χ3n) is 9.21. The highest BCUT2D eigenvalue weighted by Crippen LogP contribution is 2.43. The number of carboxylic acid groups (broad SMARTS) is 1. The number of benzene rings is 4. The lowest BCUT2D eigenvalue weighted by atomic mass is 10.1. The summed E-state index contributed by atoms with van der Waals surface area (Å²) in [5.41, 5.74) is -5.38. The highest BCUT2D eigenvalue weighted by molar-refractivity contribution is 6.32. The molecule has 6 aromatic rings. The van der Waals surface area contributed by atoms with Crippen molar-refractivity contribution in [1.82, 2.24) is 19.6 Å². The largest absolute Gasteiger partial charge is 0.493 e. The number of halogens is 10. The fourth-order valence-electron chi connectivity index (χ4n) is 5.77. The van der Waals surface area contributed by atoms with Crippen LogP contribution >= 0.6 is 23.2 Å². The van der Waals surface area contributed by atoms with Gasteiger partial charge in [0.2, 0.25) is 0 Å². The monoisotopic (exact) mass is 1070 g/mol. The second-order valence-electron chi connectivity index (χ2n) is 14.2. The van der Waals surface area contributed by atoms with Gasteiger partial charge in [-0.25, -0.2) is 13.5 Å². The molecule has 0 aliphatic carbocycles. The van der Waals surface area contributed by atoms with Gasteiger partial charge in [0.25, 0.3) is 22.9 Å². The molecule has 0 radical (unpaired) electrons. The van der Waals surface area contributed by atoms with E-state index in [1.807, 2.05) is 0 Å². The van der Waals surface area contributed by atoms with Gasteiger partial charge in [-0.2, -0.15) is 41.2 Å². The zero-order valence-corrected chi connectivity index (χ0v) is 38.4. The summed E-state index contributed by atoms with van der Waals surface area (Å²) in [7, 11) is 2.37. The Labute approximate surface area is 412 Å². The summed E-state index contributed by atoms with van der Waals surface area (Å²) in [5, 5.41) is 27.8. The van der Waals surface area contributed by atoms with Crippen molar-refractivity contribution in [3.05, 3.63) is 150 Å². The lowest BCUT2D eigenvalue weighted by Crippen LogP contribution is -2.26. The molecule has 4 aromatic carbocycles. The summed E-state index contributed by atoms with van der Waals surface area (Å²) in [6.45, 7) is -1.34. The van der Waals surface area contributed by atoms with Crippen LogP contribution in [0.2, 0.25) is 10.0 Å². The Morgan fingerprint density at radius 2 is 1.04 bits per heavy atom. The molecule has 0 unspecified atom stereocenters. The molecule has 2 heterocycles. The van der Waals surface area contributed by atoms with Gasteiger partial charge in [0, 0.05) is 24.3 Å². The number of amides is 2. The van der Waals surface area contributed by atoms with Crippen molar-refractivity contribution in [3.8, 4) is 34.5 Å². The number of alkyl halides is 6. The lowest BCUT2D eigenvalue weighted by molar-refractivity contribution is -0.151. The highest BCUT2D eigenvalue weighted by Gasteiger charge is 2.37. The second kappa shape index (κ2) is 23.7. The van der Waals surface area contributed by atoms with Crippen LogP contribution in [-0.2, 0) is 40.1 Å². The van der Waals surface area contributed by atoms with E-state index in [1.54, 1.807) is 0 Å². The summed E-state index contributed by atoms with van der Waals surface area (Å²) in [5.74, 6) is -7.42. The number of aliphatic hydroxyl groups is 1. The lowest BCUT2D eigenvalue weighted by Gasteiger charge is -2.17. The van der Waals surface area contributed by atoms with Gasteiger partial charge >= 0.3 is 24.3 Å². The van der Waals surface area contributed by atoms with Gasteiger partial charge in [0.15, 0.2) is 29.7 Å². The van der Waals surface area contributed by atoms with Crippen LogP contribution < -0.4 is 40.7 Å². The zero-order valence-electron chi connectivity index (χ0n) is 36.9. The first-order chi connectivity index (χ1) is 34.3. The van der Waals surface area contributed by atoms with Crippen LogP contribution in [0.5, 0.6) is 34.5 Å². The maximum atomic E-state index is 13.6. The van der Waals surface area contributed by atoms with Crippen LogP contribution in [-0.4, -0.2) is 67.7 Å². The normalized spacial score (nSPS) is 11.1. The molecular formula is C44H32Cl2F8N6O13. The van der Waals surface area contributed by atoms with Gasteiger partial charge in [-0.15, -0.1) is 0 Å². The van der Waals surface area contributed by atoms with E-state index in [0.717, 1.165) is 67.0 Å². The number of methoxy groups -OCH3 is 2. The Morgan fingerprint density at radius 1 is 0.616 bits per heavy atom. The first-order valence-corrected chi connectivity index (χ1v) is 20.7. The summed E-state index contributed by atoms with van der Waals surface area (Å²) >= 11 is 11.5. The summed E-state index contributed by atoms with van der Waals surface area (Å²) in [6, 6.07) is 10.3. The van der Waals surface area contributed by atoms with Gasteiger partial charge in [-0.3, -0.25) is 28.8 Å². The third kappa shape index (κ3) is 14.9. The van der Waals surface area contributed by atoms with Crippen molar-refractivity contribution in [1.29, 1.82) is 0 Å². The molecular weight excluding hydrogens is 1040 g/mol. The van der Waals surface area contributed by atoms with Crippen molar-refractivity contribution >= 4 is 58.3 Å². The van der Waals surface area contributed by atoms with Gasteiger partial charge in [-0.1, -0.05) is 23.2 Å². The Kier molecular flexibility index (Phi) is 18.1. The summed E-state index contributed by atoms with van der Waals surface area (Å²) in [6.07, 6.45) is -8.65. The van der Waals surface area contributed by atoms with E-state index in [-0.39, 0.29) is 34.4 Å². The number of nitrogens with one attached hydrogen (secondary N) is 2. The van der Waals surface area contributed by atoms with E-state index < -0.39 is 129 Å². The SMILES string of the molecule is COc1cc(F)ccc1Oc1cc(C(F)(F)F)c(Cl)cc1C(=O)Nc1cnn(CO)c(=O)c1.COc1cc(F)ccc1Oc1cc(C(F)(F)F)c(Cl)cc1C(=O)Nc1cnn(COC(=O)CCC(=O)O)c(=O)c1. The van der Waals surface area contributed by atoms with Crippen molar-refractivity contribution in [2.24, 2.45) is 0 Å². The van der Waals surface area contributed by atoms with E-state index in [2.05, 4.69) is 20.8 Å². The second-order valence-corrected chi connectivity index (χ2v) is 15.0. The number of carbonyl (C=O) groups excluding carboxylic acids is 3. The predicted octanol–water partition coefficient (Wildman–Crippen LogP) is 8.53. The Morgan fingerprint density at radius 3 is 1.41 bits per heavy atom.